The third-order valence-electron chi connectivity index (χ3n) is 5.12. The maximum Gasteiger partial charge on any atom is 0.417 e. The number of para-hydroxylation sites is 1. The van der Waals surface area contributed by atoms with E-state index in [0.29, 0.717) is 28.8 Å². The molecule has 0 unspecified atom stereocenters. The number of aromatic nitrogens is 2. The number of hydrogen-bond donors (Lipinski definition) is 1. The van der Waals surface area contributed by atoms with Gasteiger partial charge in [-0.3, -0.25) is 14.8 Å². The van der Waals surface area contributed by atoms with Gasteiger partial charge in [0, 0.05) is 11.6 Å². The number of nitrogens with zero attached hydrogens (tertiary/aromatic N) is 4. The molecule has 1 aliphatic heterocycles. The van der Waals surface area contributed by atoms with Crippen LogP contribution in [0.2, 0.25) is 5.02 Å². The number of amides is 1. The monoisotopic (exact) mass is 447 g/mol. The number of carbonyl (C=O) groups excluding carboxylic acids is 1. The molecule has 6 nitrogen and oxygen atoms in total. The summed E-state index contributed by atoms with van der Waals surface area (Å²) < 4.78 is 40.2. The van der Waals surface area contributed by atoms with E-state index in [1.165, 1.54) is 12.4 Å². The van der Waals surface area contributed by atoms with E-state index in [9.17, 15) is 18.0 Å². The summed E-state index contributed by atoms with van der Waals surface area (Å²) in [6.07, 6.45) is 0.423. The van der Waals surface area contributed by atoms with Gasteiger partial charge in [-0.15, -0.1) is 0 Å². The summed E-state index contributed by atoms with van der Waals surface area (Å²) in [4.78, 5) is 20.4. The first-order valence-electron chi connectivity index (χ1n) is 9.31. The van der Waals surface area contributed by atoms with Crippen molar-refractivity contribution < 1.29 is 18.0 Å². The average Bonchev–Trinajstić information content (AvgIpc) is 2.68. The molecule has 10 heteroatoms. The van der Waals surface area contributed by atoms with Gasteiger partial charge in [-0.1, -0.05) is 23.7 Å². The van der Waals surface area contributed by atoms with Crippen LogP contribution in [0.3, 0.4) is 0 Å². The van der Waals surface area contributed by atoms with Gasteiger partial charge >= 0.3 is 6.18 Å². The highest BCUT2D eigenvalue weighted by atomic mass is 35.5. The lowest BCUT2D eigenvalue weighted by Crippen LogP contribution is -2.45. The Labute approximate surface area is 180 Å². The molecule has 160 valence electrons. The molecule has 0 spiro atoms. The van der Waals surface area contributed by atoms with Crippen LogP contribution in [-0.4, -0.2) is 27.4 Å². The Balaban J connectivity index is 1.86. The van der Waals surface area contributed by atoms with E-state index in [1.54, 1.807) is 42.4 Å². The standard InChI is InChI=1S/C21H17ClF3N5O/c1-12(13-6-7-17(22)16(10-13)21(23,24)25)30(29-8-3-9-29)20-15-5-2-4-14(19(26)31)18(15)27-11-28-20/h2-8,10-12H,9H2,1H3,(H2,26,31)/t12-/m0/s1. The lowest BCUT2D eigenvalue weighted by molar-refractivity contribution is -0.137. The predicted molar refractivity (Wildman–Crippen MR) is 111 cm³/mol. The van der Waals surface area contributed by atoms with Gasteiger partial charge in [-0.25, -0.2) is 9.97 Å². The molecule has 3 aromatic rings. The molecule has 2 N–H and O–H groups in total. The Morgan fingerprint density at radius 2 is 2.00 bits per heavy atom. The zero-order chi connectivity index (χ0) is 22.3. The van der Waals surface area contributed by atoms with E-state index in [2.05, 4.69) is 9.97 Å². The Kier molecular flexibility index (Phi) is 5.22. The van der Waals surface area contributed by atoms with Gasteiger partial charge in [0.2, 0.25) is 0 Å². The van der Waals surface area contributed by atoms with Crippen LogP contribution in [0.5, 0.6) is 0 Å². The molecule has 1 aliphatic rings. The van der Waals surface area contributed by atoms with Crippen molar-refractivity contribution in [3.05, 3.63) is 76.7 Å². The van der Waals surface area contributed by atoms with Crippen LogP contribution in [0, 0.1) is 0 Å². The SMILES string of the molecule is C[C@@H](c1ccc(Cl)c(C(F)(F)F)c1)N(c1ncnc2c(C(N)=O)cccc12)N1C=CC1. The predicted octanol–water partition coefficient (Wildman–Crippen LogP) is 4.71. The molecule has 0 radical (unpaired) electrons. The average molecular weight is 448 g/mol. The van der Waals surface area contributed by atoms with E-state index < -0.39 is 23.7 Å². The summed E-state index contributed by atoms with van der Waals surface area (Å²) in [5, 5.41) is 3.78. The van der Waals surface area contributed by atoms with Crippen molar-refractivity contribution >= 4 is 34.2 Å². The topological polar surface area (TPSA) is 75.4 Å². The molecule has 1 amide bonds. The van der Waals surface area contributed by atoms with Crippen LogP contribution in [0.1, 0.15) is 34.5 Å². The summed E-state index contributed by atoms with van der Waals surface area (Å²) in [5.41, 5.74) is 5.57. The first-order chi connectivity index (χ1) is 14.7. The lowest BCUT2D eigenvalue weighted by atomic mass is 10.0. The molecule has 0 aliphatic carbocycles. The van der Waals surface area contributed by atoms with Crippen LogP contribution in [0.15, 0.2) is 55.0 Å². The van der Waals surface area contributed by atoms with Crippen molar-refractivity contribution in [3.63, 3.8) is 0 Å². The third kappa shape index (κ3) is 3.76. The van der Waals surface area contributed by atoms with Gasteiger partial charge in [-0.05, 0) is 42.8 Å². The molecule has 0 bridgehead atoms. The highest BCUT2D eigenvalue weighted by molar-refractivity contribution is 6.31. The third-order valence-corrected chi connectivity index (χ3v) is 5.45. The fourth-order valence-corrected chi connectivity index (χ4v) is 3.73. The van der Waals surface area contributed by atoms with Crippen molar-refractivity contribution in [1.82, 2.24) is 15.0 Å². The van der Waals surface area contributed by atoms with Gasteiger partial charge in [-0.2, -0.15) is 13.2 Å². The highest BCUT2D eigenvalue weighted by Gasteiger charge is 2.35. The van der Waals surface area contributed by atoms with E-state index >= 15 is 0 Å². The maximum atomic E-state index is 13.4. The number of hydrazine groups is 1. The Morgan fingerprint density at radius 1 is 1.26 bits per heavy atom. The van der Waals surface area contributed by atoms with Gasteiger partial charge in [0.1, 0.15) is 6.33 Å². The van der Waals surface area contributed by atoms with Crippen molar-refractivity contribution in [2.75, 3.05) is 11.6 Å². The lowest BCUT2D eigenvalue weighted by Gasteiger charge is -2.42. The Hall–Kier alpha value is -3.33. The minimum Gasteiger partial charge on any atom is -0.366 e. The van der Waals surface area contributed by atoms with E-state index in [1.807, 2.05) is 11.1 Å². The van der Waals surface area contributed by atoms with Crippen LogP contribution >= 0.6 is 11.6 Å². The minimum atomic E-state index is -4.58. The number of halogens is 4. The van der Waals surface area contributed by atoms with E-state index in [-0.39, 0.29) is 10.6 Å². The molecule has 31 heavy (non-hydrogen) atoms. The quantitative estimate of drug-likeness (QED) is 0.613. The van der Waals surface area contributed by atoms with Gasteiger partial charge < -0.3 is 5.73 Å². The molecule has 0 saturated carbocycles. The second-order valence-corrected chi connectivity index (χ2v) is 7.43. The number of alkyl halides is 3. The van der Waals surface area contributed by atoms with E-state index in [4.69, 9.17) is 17.3 Å². The molecule has 1 atom stereocenters. The fourth-order valence-electron chi connectivity index (χ4n) is 3.50. The highest BCUT2D eigenvalue weighted by Crippen LogP contribution is 2.39. The molecular weight excluding hydrogens is 431 g/mol. The first kappa shape index (κ1) is 20.9. The minimum absolute atomic E-state index is 0.235. The number of nitrogens with two attached hydrogens (primary N) is 1. The Morgan fingerprint density at radius 3 is 2.61 bits per heavy atom. The van der Waals surface area contributed by atoms with Gasteiger partial charge in [0.05, 0.1) is 34.3 Å². The zero-order valence-corrected chi connectivity index (χ0v) is 17.0. The summed E-state index contributed by atoms with van der Waals surface area (Å²) in [5.74, 6) is -0.195. The van der Waals surface area contributed by atoms with Crippen molar-refractivity contribution in [1.29, 1.82) is 0 Å². The summed E-state index contributed by atoms with van der Waals surface area (Å²) in [6, 6.07) is 8.26. The summed E-state index contributed by atoms with van der Waals surface area (Å²) >= 11 is 5.79. The molecule has 0 fully saturated rings. The number of rotatable bonds is 5. The van der Waals surface area contributed by atoms with Crippen molar-refractivity contribution in [2.24, 2.45) is 5.73 Å². The molecular formula is C21H17ClF3N5O. The molecule has 2 aromatic carbocycles. The largest absolute Gasteiger partial charge is 0.417 e. The van der Waals surface area contributed by atoms with Crippen LogP contribution in [0.4, 0.5) is 19.0 Å². The van der Waals surface area contributed by atoms with Gasteiger partial charge in [0.25, 0.3) is 5.91 Å². The summed E-state index contributed by atoms with van der Waals surface area (Å²) in [7, 11) is 0. The zero-order valence-electron chi connectivity index (χ0n) is 16.3. The second kappa shape index (κ2) is 7.73. The van der Waals surface area contributed by atoms with Crippen LogP contribution in [0.25, 0.3) is 10.9 Å². The molecule has 4 rings (SSSR count). The normalized spacial score (nSPS) is 14.4. The number of anilines is 1. The van der Waals surface area contributed by atoms with Crippen LogP contribution < -0.4 is 10.7 Å². The second-order valence-electron chi connectivity index (χ2n) is 7.03. The number of carbonyl (C=O) groups is 1. The van der Waals surface area contributed by atoms with Crippen LogP contribution in [-0.2, 0) is 6.18 Å². The molecule has 0 saturated heterocycles. The van der Waals surface area contributed by atoms with Gasteiger partial charge in [0.15, 0.2) is 5.82 Å². The first-order valence-corrected chi connectivity index (χ1v) is 9.69. The number of fused-ring (bicyclic) bond motifs is 1. The maximum absolute atomic E-state index is 13.4. The number of primary amides is 1. The fraction of sp³-hybridized carbons (Fsp3) is 0.190. The Bertz CT molecular complexity index is 1200. The van der Waals surface area contributed by atoms with Crippen molar-refractivity contribution in [2.45, 2.75) is 19.1 Å². The smallest absolute Gasteiger partial charge is 0.366 e. The van der Waals surface area contributed by atoms with E-state index in [0.717, 1.165) is 6.07 Å². The van der Waals surface area contributed by atoms with Crippen molar-refractivity contribution in [3.8, 4) is 0 Å². The number of hydrogen-bond acceptors (Lipinski definition) is 5. The molecule has 1 aromatic heterocycles. The molecule has 2 heterocycles. The number of benzene rings is 2. The summed E-state index contributed by atoms with van der Waals surface area (Å²) in [6.45, 7) is 2.31.